The second-order valence-electron chi connectivity index (χ2n) is 4.85. The smallest absolute Gasteiger partial charge is 0.152 e. The lowest BCUT2D eigenvalue weighted by atomic mass is 10.1. The zero-order valence-corrected chi connectivity index (χ0v) is 13.3. The normalized spacial score (nSPS) is 10.9. The van der Waals surface area contributed by atoms with E-state index in [1.165, 1.54) is 9.13 Å². The van der Waals surface area contributed by atoms with E-state index in [2.05, 4.69) is 57.5 Å². The molecule has 0 spiro atoms. The maximum atomic E-state index is 11.3. The molecule has 100 valence electrons. The van der Waals surface area contributed by atoms with Crippen LogP contribution < -0.4 is 0 Å². The number of halogens is 1. The highest BCUT2D eigenvalue weighted by Gasteiger charge is 2.12. The lowest BCUT2D eigenvalue weighted by molar-refractivity contribution is 0.112. The second-order valence-corrected chi connectivity index (χ2v) is 6.09. The first kappa shape index (κ1) is 13.4. The van der Waals surface area contributed by atoms with Gasteiger partial charge in [-0.1, -0.05) is 30.3 Å². The predicted octanol–water partition coefficient (Wildman–Crippen LogP) is 4.42. The summed E-state index contributed by atoms with van der Waals surface area (Å²) >= 11 is 2.31. The molecule has 0 aliphatic heterocycles. The first-order chi connectivity index (χ1) is 9.70. The summed E-state index contributed by atoms with van der Waals surface area (Å²) in [4.78, 5) is 11.3. The third-order valence-corrected chi connectivity index (χ3v) is 4.37. The molecule has 0 radical (unpaired) electrons. The molecule has 0 aliphatic carbocycles. The molecule has 2 aromatic carbocycles. The number of carbonyl (C=O) groups excluding carboxylic acids is 1. The zero-order valence-electron chi connectivity index (χ0n) is 11.1. The van der Waals surface area contributed by atoms with Crippen LogP contribution in [-0.2, 0) is 6.54 Å². The van der Waals surface area contributed by atoms with E-state index in [0.29, 0.717) is 0 Å². The number of benzene rings is 2. The van der Waals surface area contributed by atoms with Gasteiger partial charge in [-0.2, -0.15) is 0 Å². The van der Waals surface area contributed by atoms with Crippen molar-refractivity contribution in [2.75, 3.05) is 0 Å². The van der Waals surface area contributed by atoms with Gasteiger partial charge in [-0.15, -0.1) is 0 Å². The Morgan fingerprint density at radius 3 is 2.50 bits per heavy atom. The fourth-order valence-electron chi connectivity index (χ4n) is 2.58. The van der Waals surface area contributed by atoms with Crippen LogP contribution in [0, 0.1) is 10.5 Å². The minimum absolute atomic E-state index is 0.789. The van der Waals surface area contributed by atoms with E-state index in [0.717, 1.165) is 35.0 Å². The van der Waals surface area contributed by atoms with Crippen molar-refractivity contribution in [1.29, 1.82) is 0 Å². The molecule has 0 unspecified atom stereocenters. The van der Waals surface area contributed by atoms with E-state index in [1.54, 1.807) is 0 Å². The Bertz CT molecular complexity index is 772. The van der Waals surface area contributed by atoms with Gasteiger partial charge in [-0.25, -0.2) is 0 Å². The van der Waals surface area contributed by atoms with Crippen molar-refractivity contribution in [3.8, 4) is 0 Å². The molecule has 0 bridgehead atoms. The maximum absolute atomic E-state index is 11.3. The fraction of sp³-hybridized carbons (Fsp3) is 0.118. The van der Waals surface area contributed by atoms with Gasteiger partial charge in [0.1, 0.15) is 0 Å². The van der Waals surface area contributed by atoms with Crippen LogP contribution in [0.2, 0.25) is 0 Å². The molecule has 0 N–H and O–H groups in total. The summed E-state index contributed by atoms with van der Waals surface area (Å²) in [5.74, 6) is 0. The third-order valence-electron chi connectivity index (χ3n) is 3.65. The number of hydrogen-bond donors (Lipinski definition) is 0. The molecule has 0 atom stereocenters. The maximum Gasteiger partial charge on any atom is 0.152 e. The molecule has 3 aromatic rings. The Morgan fingerprint density at radius 1 is 1.10 bits per heavy atom. The summed E-state index contributed by atoms with van der Waals surface area (Å²) in [6, 6.07) is 16.6. The molecule has 0 fully saturated rings. The van der Waals surface area contributed by atoms with Crippen LogP contribution in [0.3, 0.4) is 0 Å². The Balaban J connectivity index is 2.13. The van der Waals surface area contributed by atoms with E-state index >= 15 is 0 Å². The standard InChI is InChI=1S/C17H14INO/c1-12-16(11-20)15-4-2-3-5-17(15)19(12)10-13-6-8-14(18)9-7-13/h2-9,11H,10H2,1H3. The van der Waals surface area contributed by atoms with Crippen LogP contribution in [-0.4, -0.2) is 10.9 Å². The van der Waals surface area contributed by atoms with Gasteiger partial charge in [0.15, 0.2) is 6.29 Å². The summed E-state index contributed by atoms with van der Waals surface area (Å²) < 4.78 is 3.44. The number of aldehydes is 1. The fourth-order valence-corrected chi connectivity index (χ4v) is 2.94. The molecular formula is C17H14INO. The molecule has 3 rings (SSSR count). The number of aromatic nitrogens is 1. The van der Waals surface area contributed by atoms with Crippen molar-refractivity contribution >= 4 is 39.8 Å². The van der Waals surface area contributed by atoms with Crippen LogP contribution in [0.1, 0.15) is 21.6 Å². The van der Waals surface area contributed by atoms with Gasteiger partial charge < -0.3 is 4.57 Å². The van der Waals surface area contributed by atoms with Crippen molar-refractivity contribution in [2.45, 2.75) is 13.5 Å². The molecule has 1 aromatic heterocycles. The van der Waals surface area contributed by atoms with Gasteiger partial charge in [0.25, 0.3) is 0 Å². The van der Waals surface area contributed by atoms with Gasteiger partial charge in [0.05, 0.1) is 0 Å². The predicted molar refractivity (Wildman–Crippen MR) is 90.3 cm³/mol. The van der Waals surface area contributed by atoms with E-state index in [4.69, 9.17) is 0 Å². The van der Waals surface area contributed by atoms with E-state index in [9.17, 15) is 4.79 Å². The van der Waals surface area contributed by atoms with Gasteiger partial charge in [0, 0.05) is 32.3 Å². The highest BCUT2D eigenvalue weighted by Crippen LogP contribution is 2.25. The van der Waals surface area contributed by atoms with Gasteiger partial charge in [-0.05, 0) is 53.3 Å². The second kappa shape index (κ2) is 5.40. The largest absolute Gasteiger partial charge is 0.340 e. The van der Waals surface area contributed by atoms with E-state index in [-0.39, 0.29) is 0 Å². The van der Waals surface area contributed by atoms with Crippen LogP contribution in [0.4, 0.5) is 0 Å². The van der Waals surface area contributed by atoms with Crippen molar-refractivity contribution in [1.82, 2.24) is 4.57 Å². The van der Waals surface area contributed by atoms with Gasteiger partial charge >= 0.3 is 0 Å². The number of nitrogens with zero attached hydrogens (tertiary/aromatic N) is 1. The van der Waals surface area contributed by atoms with Crippen molar-refractivity contribution in [3.63, 3.8) is 0 Å². The number of para-hydroxylation sites is 1. The first-order valence-corrected chi connectivity index (χ1v) is 7.56. The molecule has 1 heterocycles. The van der Waals surface area contributed by atoms with Crippen LogP contribution in [0.15, 0.2) is 48.5 Å². The van der Waals surface area contributed by atoms with Gasteiger partial charge in [0.2, 0.25) is 0 Å². The zero-order chi connectivity index (χ0) is 14.1. The summed E-state index contributed by atoms with van der Waals surface area (Å²) in [6.07, 6.45) is 0.960. The highest BCUT2D eigenvalue weighted by atomic mass is 127. The first-order valence-electron chi connectivity index (χ1n) is 6.48. The average molecular weight is 375 g/mol. The van der Waals surface area contributed by atoms with E-state index in [1.807, 2.05) is 25.1 Å². The molecule has 2 nitrogen and oxygen atoms in total. The molecular weight excluding hydrogens is 361 g/mol. The molecule has 0 saturated carbocycles. The Labute approximate surface area is 131 Å². The topological polar surface area (TPSA) is 22.0 Å². The number of fused-ring (bicyclic) bond motifs is 1. The highest BCUT2D eigenvalue weighted by molar-refractivity contribution is 14.1. The summed E-state index contributed by atoms with van der Waals surface area (Å²) in [6.45, 7) is 2.80. The molecule has 0 amide bonds. The monoisotopic (exact) mass is 375 g/mol. The van der Waals surface area contributed by atoms with Crippen LogP contribution in [0.25, 0.3) is 10.9 Å². The van der Waals surface area contributed by atoms with Crippen LogP contribution in [0.5, 0.6) is 0 Å². The minimum atomic E-state index is 0.789. The quantitative estimate of drug-likeness (QED) is 0.491. The number of hydrogen-bond acceptors (Lipinski definition) is 1. The Hall–Kier alpha value is -1.62. The molecule has 3 heteroatoms. The van der Waals surface area contributed by atoms with Crippen LogP contribution >= 0.6 is 22.6 Å². The van der Waals surface area contributed by atoms with Gasteiger partial charge in [-0.3, -0.25) is 4.79 Å². The Morgan fingerprint density at radius 2 is 1.80 bits per heavy atom. The molecule has 20 heavy (non-hydrogen) atoms. The molecule has 0 saturated heterocycles. The number of rotatable bonds is 3. The summed E-state index contributed by atoms with van der Waals surface area (Å²) in [7, 11) is 0. The minimum Gasteiger partial charge on any atom is -0.340 e. The summed E-state index contributed by atoms with van der Waals surface area (Å²) in [5.41, 5.74) is 4.18. The van der Waals surface area contributed by atoms with Crippen molar-refractivity contribution in [2.24, 2.45) is 0 Å². The SMILES string of the molecule is Cc1c(C=O)c2ccccc2n1Cc1ccc(I)cc1. The third kappa shape index (κ3) is 2.26. The number of carbonyl (C=O) groups is 1. The van der Waals surface area contributed by atoms with E-state index < -0.39 is 0 Å². The average Bonchev–Trinajstić information content (AvgIpc) is 2.74. The lowest BCUT2D eigenvalue weighted by Crippen LogP contribution is -2.02. The Kier molecular flexibility index (Phi) is 3.61. The lowest BCUT2D eigenvalue weighted by Gasteiger charge is -2.08. The van der Waals surface area contributed by atoms with Crippen molar-refractivity contribution < 1.29 is 4.79 Å². The summed E-state index contributed by atoms with van der Waals surface area (Å²) in [5, 5.41) is 1.03. The van der Waals surface area contributed by atoms with Crippen molar-refractivity contribution in [3.05, 3.63) is 68.9 Å². The molecule has 0 aliphatic rings.